The summed E-state index contributed by atoms with van der Waals surface area (Å²) in [5.74, 6) is -0.579. The van der Waals surface area contributed by atoms with Crippen molar-refractivity contribution in [2.45, 2.75) is 76.9 Å². The number of aliphatic carboxylic acids is 1. The van der Waals surface area contributed by atoms with Crippen LogP contribution in [-0.2, 0) is 4.79 Å². The summed E-state index contributed by atoms with van der Waals surface area (Å²) in [5, 5.41) is 9.04. The lowest BCUT2D eigenvalue weighted by Gasteiger charge is -2.14. The minimum absolute atomic E-state index is 0.0411. The molecule has 0 aliphatic heterocycles. The van der Waals surface area contributed by atoms with E-state index in [2.05, 4.69) is 20.0 Å². The number of rotatable bonds is 10. The second-order valence-corrected chi connectivity index (χ2v) is 7.73. The first kappa shape index (κ1) is 15.7. The van der Waals surface area contributed by atoms with Crippen molar-refractivity contribution in [1.82, 2.24) is 0 Å². The van der Waals surface area contributed by atoms with Gasteiger partial charge >= 0.3 is 5.97 Å². The first-order chi connectivity index (χ1) is 7.59. The standard InChI is InChI=1S/C13H27O2Si/c1-4-5-6-7-8-9-10-11-12(13(14)15)16(2)3/h12H,4-11H2,1-3H3,(H,14,15). The summed E-state index contributed by atoms with van der Waals surface area (Å²) < 4.78 is 0. The zero-order valence-corrected chi connectivity index (χ0v) is 12.1. The molecule has 1 radical (unpaired) electrons. The third-order valence-electron chi connectivity index (χ3n) is 3.09. The summed E-state index contributed by atoms with van der Waals surface area (Å²) in [4.78, 5) is 11.0. The van der Waals surface area contributed by atoms with E-state index in [4.69, 9.17) is 5.11 Å². The van der Waals surface area contributed by atoms with Crippen molar-refractivity contribution in [1.29, 1.82) is 0 Å². The van der Waals surface area contributed by atoms with E-state index in [-0.39, 0.29) is 5.54 Å². The maximum Gasteiger partial charge on any atom is 0.303 e. The van der Waals surface area contributed by atoms with E-state index >= 15 is 0 Å². The molecule has 1 N–H and O–H groups in total. The normalized spacial score (nSPS) is 13.0. The van der Waals surface area contributed by atoms with E-state index < -0.39 is 14.8 Å². The van der Waals surface area contributed by atoms with Crippen LogP contribution in [0.1, 0.15) is 58.3 Å². The van der Waals surface area contributed by atoms with Gasteiger partial charge < -0.3 is 5.11 Å². The molecule has 0 amide bonds. The Bertz CT molecular complexity index is 181. The molecule has 0 rings (SSSR count). The lowest BCUT2D eigenvalue weighted by Crippen LogP contribution is -2.20. The molecule has 1 unspecified atom stereocenters. The minimum atomic E-state index is -0.673. The van der Waals surface area contributed by atoms with Crippen LogP contribution in [0.2, 0.25) is 18.6 Å². The number of carboxylic acids is 1. The molecule has 0 aliphatic carbocycles. The maximum absolute atomic E-state index is 11.0. The molecule has 0 aromatic carbocycles. The second kappa shape index (κ2) is 9.88. The molecule has 0 bridgehead atoms. The number of hydrogen-bond acceptors (Lipinski definition) is 1. The van der Waals surface area contributed by atoms with E-state index in [1.54, 1.807) is 0 Å². The second-order valence-electron chi connectivity index (χ2n) is 4.88. The molecule has 0 saturated heterocycles. The highest BCUT2D eigenvalue weighted by molar-refractivity contribution is 6.61. The smallest absolute Gasteiger partial charge is 0.303 e. The van der Waals surface area contributed by atoms with Crippen LogP contribution in [0, 0.1) is 0 Å². The monoisotopic (exact) mass is 243 g/mol. The molecular weight excluding hydrogens is 216 g/mol. The fourth-order valence-corrected chi connectivity index (χ4v) is 3.24. The van der Waals surface area contributed by atoms with E-state index in [1.807, 2.05) is 0 Å². The van der Waals surface area contributed by atoms with Crippen molar-refractivity contribution in [3.63, 3.8) is 0 Å². The van der Waals surface area contributed by atoms with E-state index in [9.17, 15) is 4.79 Å². The Balaban J connectivity index is 3.45. The lowest BCUT2D eigenvalue weighted by molar-refractivity contribution is -0.137. The third kappa shape index (κ3) is 7.91. The van der Waals surface area contributed by atoms with Crippen LogP contribution in [-0.4, -0.2) is 19.9 Å². The number of carbonyl (C=O) groups is 1. The molecule has 2 nitrogen and oxygen atoms in total. The quantitative estimate of drug-likeness (QED) is 0.458. The predicted molar refractivity (Wildman–Crippen MR) is 71.5 cm³/mol. The van der Waals surface area contributed by atoms with Crippen LogP contribution in [0.5, 0.6) is 0 Å². The molecule has 0 fully saturated rings. The maximum atomic E-state index is 11.0. The van der Waals surface area contributed by atoms with Crippen molar-refractivity contribution in [2.24, 2.45) is 0 Å². The van der Waals surface area contributed by atoms with Crippen LogP contribution in [0.4, 0.5) is 0 Å². The van der Waals surface area contributed by atoms with Gasteiger partial charge in [0.15, 0.2) is 0 Å². The predicted octanol–water partition coefficient (Wildman–Crippen LogP) is 4.34. The van der Waals surface area contributed by atoms with Crippen LogP contribution in [0.15, 0.2) is 0 Å². The lowest BCUT2D eigenvalue weighted by atomic mass is 10.1. The van der Waals surface area contributed by atoms with Crippen LogP contribution in [0.3, 0.4) is 0 Å². The molecule has 0 heterocycles. The fourth-order valence-electron chi connectivity index (χ4n) is 1.96. The first-order valence-electron chi connectivity index (χ1n) is 6.62. The first-order valence-corrected chi connectivity index (χ1v) is 9.20. The van der Waals surface area contributed by atoms with Crippen molar-refractivity contribution >= 4 is 14.8 Å². The number of carboxylic acid groups (broad SMARTS) is 1. The summed E-state index contributed by atoms with van der Waals surface area (Å²) in [6.07, 6.45) is 9.78. The highest BCUT2D eigenvalue weighted by Gasteiger charge is 2.21. The van der Waals surface area contributed by atoms with E-state index in [0.29, 0.717) is 0 Å². The van der Waals surface area contributed by atoms with Gasteiger partial charge in [0.25, 0.3) is 0 Å². The molecule has 3 heteroatoms. The zero-order chi connectivity index (χ0) is 12.4. The van der Waals surface area contributed by atoms with Crippen LogP contribution >= 0.6 is 0 Å². The molecular formula is C13H27O2Si. The number of hydrogen-bond donors (Lipinski definition) is 1. The molecule has 0 aliphatic rings. The fraction of sp³-hybridized carbons (Fsp3) is 0.923. The molecule has 0 spiro atoms. The largest absolute Gasteiger partial charge is 0.481 e. The zero-order valence-electron chi connectivity index (χ0n) is 11.1. The van der Waals surface area contributed by atoms with Gasteiger partial charge in [-0.05, 0) is 6.42 Å². The van der Waals surface area contributed by atoms with E-state index in [1.165, 1.54) is 38.5 Å². The molecule has 16 heavy (non-hydrogen) atoms. The highest BCUT2D eigenvalue weighted by Crippen LogP contribution is 2.20. The average Bonchev–Trinajstić information content (AvgIpc) is 2.21. The summed E-state index contributed by atoms with van der Waals surface area (Å²) in [6, 6.07) is 0. The summed E-state index contributed by atoms with van der Waals surface area (Å²) in [5.41, 5.74) is -0.0411. The van der Waals surface area contributed by atoms with Crippen molar-refractivity contribution in [3.05, 3.63) is 0 Å². The Labute approximate surface area is 102 Å². The molecule has 0 aromatic heterocycles. The van der Waals surface area contributed by atoms with Crippen molar-refractivity contribution < 1.29 is 9.90 Å². The van der Waals surface area contributed by atoms with Gasteiger partial charge in [-0.25, -0.2) is 0 Å². The van der Waals surface area contributed by atoms with Gasteiger partial charge in [-0.15, -0.1) is 0 Å². The average molecular weight is 243 g/mol. The Kier molecular flexibility index (Phi) is 9.69. The SMILES string of the molecule is CCCCCCCCCC(C(=O)O)[Si](C)C. The third-order valence-corrected chi connectivity index (χ3v) is 5.02. The van der Waals surface area contributed by atoms with Gasteiger partial charge in [-0.3, -0.25) is 4.79 Å². The Morgan fingerprint density at radius 2 is 1.56 bits per heavy atom. The molecule has 0 saturated carbocycles. The summed E-state index contributed by atoms with van der Waals surface area (Å²) in [7, 11) is -0.673. The summed E-state index contributed by atoms with van der Waals surface area (Å²) in [6.45, 7) is 6.43. The van der Waals surface area contributed by atoms with Gasteiger partial charge in [-0.2, -0.15) is 0 Å². The van der Waals surface area contributed by atoms with Crippen LogP contribution < -0.4 is 0 Å². The van der Waals surface area contributed by atoms with E-state index in [0.717, 1.165) is 12.8 Å². The highest BCUT2D eigenvalue weighted by atomic mass is 28.3. The Morgan fingerprint density at radius 1 is 1.06 bits per heavy atom. The van der Waals surface area contributed by atoms with Gasteiger partial charge in [0.1, 0.15) is 0 Å². The topological polar surface area (TPSA) is 37.3 Å². The molecule has 1 atom stereocenters. The van der Waals surface area contributed by atoms with Gasteiger partial charge in [0, 0.05) is 5.54 Å². The summed E-state index contributed by atoms with van der Waals surface area (Å²) >= 11 is 0. The van der Waals surface area contributed by atoms with Crippen molar-refractivity contribution in [2.75, 3.05) is 0 Å². The van der Waals surface area contributed by atoms with Crippen molar-refractivity contribution in [3.8, 4) is 0 Å². The molecule has 95 valence electrons. The number of unbranched alkanes of at least 4 members (excludes halogenated alkanes) is 6. The molecule has 0 aromatic rings. The van der Waals surface area contributed by atoms with Gasteiger partial charge in [0.05, 0.1) is 8.80 Å². The van der Waals surface area contributed by atoms with Gasteiger partial charge in [-0.1, -0.05) is 65.0 Å². The van der Waals surface area contributed by atoms with Crippen LogP contribution in [0.25, 0.3) is 0 Å². The Morgan fingerprint density at radius 3 is 2.00 bits per heavy atom. The Hall–Kier alpha value is -0.313. The minimum Gasteiger partial charge on any atom is -0.481 e. The van der Waals surface area contributed by atoms with Gasteiger partial charge in [0.2, 0.25) is 0 Å².